The number of hydrogen-bond acceptors (Lipinski definition) is 3. The number of ether oxygens (including phenoxy) is 2. The summed E-state index contributed by atoms with van der Waals surface area (Å²) in [7, 11) is 0. The number of aromatic nitrogens is 1. The van der Waals surface area contributed by atoms with Crippen molar-refractivity contribution in [2.75, 3.05) is 13.2 Å². The number of rotatable bonds is 8. The average Bonchev–Trinajstić information content (AvgIpc) is 2.97. The molecule has 0 saturated carbocycles. The van der Waals surface area contributed by atoms with E-state index in [0.717, 1.165) is 41.7 Å². The minimum Gasteiger partial charge on any atom is -0.494 e. The molecular weight excluding hydrogens is 302 g/mol. The fourth-order valence-electron chi connectivity index (χ4n) is 2.78. The molecule has 0 N–H and O–H groups in total. The van der Waals surface area contributed by atoms with E-state index < -0.39 is 0 Å². The van der Waals surface area contributed by atoms with Gasteiger partial charge in [-0.2, -0.15) is 0 Å². The first-order valence-corrected chi connectivity index (χ1v) is 8.20. The van der Waals surface area contributed by atoms with E-state index in [1.54, 1.807) is 0 Å². The van der Waals surface area contributed by atoms with Crippen molar-refractivity contribution in [3.05, 3.63) is 60.3 Å². The Balaban J connectivity index is 1.69. The molecule has 4 nitrogen and oxygen atoms in total. The fourth-order valence-corrected chi connectivity index (χ4v) is 2.78. The Labute approximate surface area is 141 Å². The third-order valence-corrected chi connectivity index (χ3v) is 3.88. The first-order valence-electron chi connectivity index (χ1n) is 8.20. The summed E-state index contributed by atoms with van der Waals surface area (Å²) < 4.78 is 13.3. The summed E-state index contributed by atoms with van der Waals surface area (Å²) in [5, 5.41) is 0.930. The number of para-hydroxylation sites is 1. The topological polar surface area (TPSA) is 40.5 Å². The van der Waals surface area contributed by atoms with Gasteiger partial charge in [0.15, 0.2) is 6.29 Å². The van der Waals surface area contributed by atoms with Gasteiger partial charge in [-0.05, 0) is 43.7 Å². The molecule has 124 valence electrons. The van der Waals surface area contributed by atoms with Crippen molar-refractivity contribution in [3.63, 3.8) is 0 Å². The molecule has 0 bridgehead atoms. The van der Waals surface area contributed by atoms with Crippen molar-refractivity contribution in [3.8, 4) is 11.5 Å². The third-order valence-electron chi connectivity index (χ3n) is 3.88. The van der Waals surface area contributed by atoms with Crippen LogP contribution in [-0.4, -0.2) is 24.1 Å². The van der Waals surface area contributed by atoms with Crippen molar-refractivity contribution in [1.82, 2.24) is 4.57 Å². The highest BCUT2D eigenvalue weighted by atomic mass is 16.5. The lowest BCUT2D eigenvalue weighted by Gasteiger charge is -2.08. The molecule has 1 aromatic heterocycles. The van der Waals surface area contributed by atoms with E-state index >= 15 is 0 Å². The van der Waals surface area contributed by atoms with Crippen molar-refractivity contribution in [2.45, 2.75) is 19.9 Å². The van der Waals surface area contributed by atoms with E-state index in [0.29, 0.717) is 18.8 Å². The summed E-state index contributed by atoms with van der Waals surface area (Å²) in [4.78, 5) is 11.3. The van der Waals surface area contributed by atoms with Crippen LogP contribution in [0.4, 0.5) is 0 Å². The van der Waals surface area contributed by atoms with Crippen LogP contribution in [0.1, 0.15) is 23.7 Å². The first kappa shape index (κ1) is 16.1. The van der Waals surface area contributed by atoms with Gasteiger partial charge < -0.3 is 14.0 Å². The lowest BCUT2D eigenvalue weighted by molar-refractivity contribution is 0.112. The Morgan fingerprint density at radius 3 is 2.62 bits per heavy atom. The van der Waals surface area contributed by atoms with Crippen LogP contribution >= 0.6 is 0 Å². The second kappa shape index (κ2) is 7.68. The van der Waals surface area contributed by atoms with Crippen LogP contribution in [0.25, 0.3) is 10.9 Å². The number of aryl methyl sites for hydroxylation is 1. The van der Waals surface area contributed by atoms with E-state index in [1.807, 2.05) is 61.7 Å². The van der Waals surface area contributed by atoms with Crippen molar-refractivity contribution >= 4 is 17.2 Å². The van der Waals surface area contributed by atoms with Gasteiger partial charge in [0.1, 0.15) is 11.5 Å². The predicted octanol–water partition coefficient (Wildman–Crippen LogP) is 4.32. The summed E-state index contributed by atoms with van der Waals surface area (Å²) in [6, 6.07) is 15.7. The van der Waals surface area contributed by atoms with Crippen molar-refractivity contribution in [1.29, 1.82) is 0 Å². The van der Waals surface area contributed by atoms with Crippen LogP contribution in [0.2, 0.25) is 0 Å². The molecule has 0 atom stereocenters. The van der Waals surface area contributed by atoms with Gasteiger partial charge >= 0.3 is 0 Å². The zero-order chi connectivity index (χ0) is 16.8. The molecule has 3 rings (SSSR count). The maximum atomic E-state index is 11.3. The molecule has 0 aliphatic carbocycles. The van der Waals surface area contributed by atoms with Crippen molar-refractivity contribution < 1.29 is 14.3 Å². The third kappa shape index (κ3) is 3.59. The molecule has 0 amide bonds. The minimum atomic E-state index is 0.611. The highest BCUT2D eigenvalue weighted by molar-refractivity contribution is 5.98. The van der Waals surface area contributed by atoms with Crippen LogP contribution in [-0.2, 0) is 6.54 Å². The molecule has 0 unspecified atom stereocenters. The van der Waals surface area contributed by atoms with Gasteiger partial charge in [-0.1, -0.05) is 18.2 Å². The molecule has 0 saturated heterocycles. The van der Waals surface area contributed by atoms with Crippen LogP contribution in [0.3, 0.4) is 0 Å². The molecule has 0 aliphatic rings. The quantitative estimate of drug-likeness (QED) is 0.458. The van der Waals surface area contributed by atoms with E-state index in [2.05, 4.69) is 4.57 Å². The van der Waals surface area contributed by atoms with E-state index in [-0.39, 0.29) is 0 Å². The lowest BCUT2D eigenvalue weighted by atomic mass is 10.2. The van der Waals surface area contributed by atoms with E-state index in [1.165, 1.54) is 0 Å². The summed E-state index contributed by atoms with van der Waals surface area (Å²) in [5.41, 5.74) is 1.73. The average molecular weight is 323 g/mol. The highest BCUT2D eigenvalue weighted by Crippen LogP contribution is 2.25. The second-order valence-electron chi connectivity index (χ2n) is 5.52. The highest BCUT2D eigenvalue weighted by Gasteiger charge is 2.09. The molecule has 4 heteroatoms. The van der Waals surface area contributed by atoms with Gasteiger partial charge in [0.2, 0.25) is 0 Å². The minimum absolute atomic E-state index is 0.611. The SMILES string of the molecule is CCOc1ccc2c(c1)c(C=O)cn2CCCOc1ccccc1. The van der Waals surface area contributed by atoms with Crippen LogP contribution < -0.4 is 9.47 Å². The molecule has 0 radical (unpaired) electrons. The Hall–Kier alpha value is -2.75. The van der Waals surface area contributed by atoms with Crippen LogP contribution in [0.15, 0.2) is 54.7 Å². The summed E-state index contributed by atoms with van der Waals surface area (Å²) in [6.45, 7) is 3.99. The maximum absolute atomic E-state index is 11.3. The molecule has 0 spiro atoms. The Kier molecular flexibility index (Phi) is 5.16. The molecular formula is C20H21NO3. The second-order valence-corrected chi connectivity index (χ2v) is 5.52. The standard InChI is InChI=1S/C20H21NO3/c1-2-23-18-9-10-20-19(13-18)16(15-22)14-21(20)11-6-12-24-17-7-4-3-5-8-17/h3-5,7-10,13-15H,2,6,11-12H2,1H3. The Morgan fingerprint density at radius 1 is 1.04 bits per heavy atom. The predicted molar refractivity (Wildman–Crippen MR) is 95.0 cm³/mol. The number of fused-ring (bicyclic) bond motifs is 1. The number of carbonyl (C=O) groups excluding carboxylic acids is 1. The van der Waals surface area contributed by atoms with Gasteiger partial charge in [-0.3, -0.25) is 4.79 Å². The molecule has 0 aliphatic heterocycles. The van der Waals surface area contributed by atoms with E-state index in [9.17, 15) is 4.79 Å². The van der Waals surface area contributed by atoms with Gasteiger partial charge in [0, 0.05) is 29.2 Å². The van der Waals surface area contributed by atoms with Gasteiger partial charge in [-0.25, -0.2) is 0 Å². The van der Waals surface area contributed by atoms with E-state index in [4.69, 9.17) is 9.47 Å². The number of aldehydes is 1. The fraction of sp³-hybridized carbons (Fsp3) is 0.250. The molecule has 1 heterocycles. The summed E-state index contributed by atoms with van der Waals surface area (Å²) in [6.07, 6.45) is 3.66. The Morgan fingerprint density at radius 2 is 1.88 bits per heavy atom. The molecule has 24 heavy (non-hydrogen) atoms. The van der Waals surface area contributed by atoms with Crippen LogP contribution in [0.5, 0.6) is 11.5 Å². The van der Waals surface area contributed by atoms with Crippen molar-refractivity contribution in [2.24, 2.45) is 0 Å². The smallest absolute Gasteiger partial charge is 0.152 e. The zero-order valence-electron chi connectivity index (χ0n) is 13.8. The maximum Gasteiger partial charge on any atom is 0.152 e. The lowest BCUT2D eigenvalue weighted by Crippen LogP contribution is -2.03. The summed E-state index contributed by atoms with van der Waals surface area (Å²) in [5.74, 6) is 1.67. The van der Waals surface area contributed by atoms with Gasteiger partial charge in [0.25, 0.3) is 0 Å². The number of benzene rings is 2. The number of hydrogen-bond donors (Lipinski definition) is 0. The Bertz CT molecular complexity index is 808. The van der Waals surface area contributed by atoms with Gasteiger partial charge in [-0.15, -0.1) is 0 Å². The zero-order valence-corrected chi connectivity index (χ0v) is 13.8. The normalized spacial score (nSPS) is 10.7. The summed E-state index contributed by atoms with van der Waals surface area (Å²) >= 11 is 0. The number of carbonyl (C=O) groups is 1. The molecule has 2 aromatic carbocycles. The monoisotopic (exact) mass is 323 g/mol. The molecule has 3 aromatic rings. The molecule has 0 fully saturated rings. The van der Waals surface area contributed by atoms with Crippen LogP contribution in [0, 0.1) is 0 Å². The largest absolute Gasteiger partial charge is 0.494 e. The first-order chi connectivity index (χ1) is 11.8. The van der Waals surface area contributed by atoms with Gasteiger partial charge in [0.05, 0.1) is 13.2 Å². The number of nitrogens with zero attached hydrogens (tertiary/aromatic N) is 1.